The van der Waals surface area contributed by atoms with Gasteiger partial charge in [0.25, 0.3) is 5.70 Å². The van der Waals surface area contributed by atoms with Gasteiger partial charge in [0.15, 0.2) is 9.84 Å². The van der Waals surface area contributed by atoms with Crippen molar-refractivity contribution in [1.29, 1.82) is 0 Å². The summed E-state index contributed by atoms with van der Waals surface area (Å²) in [4.78, 5) is 23.5. The molecule has 0 bridgehead atoms. The summed E-state index contributed by atoms with van der Waals surface area (Å²) in [5.41, 5.74) is 5.56. The molecule has 1 aliphatic heterocycles. The second-order valence-electron chi connectivity index (χ2n) is 6.40. The zero-order chi connectivity index (χ0) is 21.8. The number of esters is 1. The number of unbranched alkanes of at least 4 members (excludes halogenated alkanes) is 1. The third-order valence-electron chi connectivity index (χ3n) is 4.52. The largest absolute Gasteiger partial charge is 0.466 e. The molecule has 0 spiro atoms. The van der Waals surface area contributed by atoms with Gasteiger partial charge < -0.3 is 15.8 Å². The Balaban J connectivity index is 2.73. The molecular weight excluding hydrogens is 422 g/mol. The molecule has 0 saturated heterocycles. The number of nitrogens with zero attached hydrogens (tertiary/aromatic N) is 1. The minimum atomic E-state index is -3.79. The highest BCUT2D eigenvalue weighted by Gasteiger charge is 2.43. The summed E-state index contributed by atoms with van der Waals surface area (Å²) < 4.78 is 30.7. The lowest BCUT2D eigenvalue weighted by Gasteiger charge is -2.26. The lowest BCUT2D eigenvalue weighted by molar-refractivity contribution is -0.431. The molecule has 11 heteroatoms. The molecule has 158 valence electrons. The van der Waals surface area contributed by atoms with Crippen molar-refractivity contribution >= 4 is 27.4 Å². The lowest BCUT2D eigenvalue weighted by atomic mass is 9.85. The Labute approximate surface area is 173 Å². The van der Waals surface area contributed by atoms with E-state index in [1.54, 1.807) is 6.07 Å². The Kier molecular flexibility index (Phi) is 7.26. The number of sulfone groups is 1. The van der Waals surface area contributed by atoms with E-state index in [0.29, 0.717) is 18.7 Å². The quantitative estimate of drug-likeness (QED) is 0.204. The number of dihydropyridines is 1. The maximum atomic E-state index is 12.9. The summed E-state index contributed by atoms with van der Waals surface area (Å²) in [7, 11) is -2.68. The van der Waals surface area contributed by atoms with E-state index in [4.69, 9.17) is 22.1 Å². The number of nitro groups is 1. The van der Waals surface area contributed by atoms with Crippen LogP contribution in [0.2, 0.25) is 0 Å². The van der Waals surface area contributed by atoms with E-state index in [9.17, 15) is 23.3 Å². The predicted octanol–water partition coefficient (Wildman–Crippen LogP) is 2.02. The zero-order valence-corrected chi connectivity index (χ0v) is 17.5. The van der Waals surface area contributed by atoms with Gasteiger partial charge in [0.2, 0.25) is 0 Å². The normalized spacial score (nSPS) is 17.1. The van der Waals surface area contributed by atoms with Crippen molar-refractivity contribution in [3.05, 3.63) is 62.7 Å². The highest BCUT2D eigenvalue weighted by Crippen LogP contribution is 2.40. The fraction of sp³-hybridized carbons (Fsp3) is 0.389. The van der Waals surface area contributed by atoms with Gasteiger partial charge in [-0.3, -0.25) is 10.1 Å². The number of halogens is 1. The minimum absolute atomic E-state index is 0.0919. The van der Waals surface area contributed by atoms with Gasteiger partial charge in [-0.2, -0.15) is 0 Å². The van der Waals surface area contributed by atoms with Crippen molar-refractivity contribution in [3.8, 4) is 0 Å². The Morgan fingerprint density at radius 3 is 2.59 bits per heavy atom. The van der Waals surface area contributed by atoms with Crippen LogP contribution in [0, 0.1) is 10.1 Å². The van der Waals surface area contributed by atoms with Crippen LogP contribution in [0.3, 0.4) is 0 Å². The number of carbonyl (C=O) groups is 1. The summed E-state index contributed by atoms with van der Waals surface area (Å²) in [6.07, 6.45) is 0.848. The fourth-order valence-corrected chi connectivity index (χ4v) is 5.05. The summed E-state index contributed by atoms with van der Waals surface area (Å²) in [6.45, 7) is 1.43. The van der Waals surface area contributed by atoms with Gasteiger partial charge in [-0.25, -0.2) is 13.2 Å². The molecule has 1 aromatic carbocycles. The van der Waals surface area contributed by atoms with Crippen LogP contribution in [-0.4, -0.2) is 38.1 Å². The number of hydrogen-bond acceptors (Lipinski definition) is 8. The van der Waals surface area contributed by atoms with Crippen molar-refractivity contribution in [1.82, 2.24) is 5.32 Å². The van der Waals surface area contributed by atoms with Crippen molar-refractivity contribution in [2.75, 3.05) is 18.7 Å². The highest BCUT2D eigenvalue weighted by molar-refractivity contribution is 7.91. The van der Waals surface area contributed by atoms with E-state index in [0.717, 1.165) is 7.11 Å². The van der Waals surface area contributed by atoms with Crippen LogP contribution in [0.4, 0.5) is 0 Å². The molecule has 0 aromatic heterocycles. The fourth-order valence-electron chi connectivity index (χ4n) is 3.22. The van der Waals surface area contributed by atoms with Crippen LogP contribution in [0.15, 0.2) is 51.9 Å². The number of rotatable bonds is 8. The number of nitrogens with two attached hydrogens (primary N) is 1. The molecule has 29 heavy (non-hydrogen) atoms. The Morgan fingerprint density at radius 1 is 1.34 bits per heavy atom. The first kappa shape index (κ1) is 22.7. The molecule has 0 fully saturated rings. The molecule has 2 rings (SSSR count). The Morgan fingerprint density at radius 2 is 2.00 bits per heavy atom. The molecular formula is C18H22ClN3O6S. The number of allylic oxidation sites excluding steroid dienone is 2. The molecule has 3 N–H and O–H groups in total. The van der Waals surface area contributed by atoms with E-state index in [1.807, 2.05) is 0 Å². The minimum Gasteiger partial charge on any atom is -0.466 e. The number of ether oxygens (including phenoxy) is 1. The average Bonchev–Trinajstić information content (AvgIpc) is 2.66. The van der Waals surface area contributed by atoms with Crippen LogP contribution in [-0.2, 0) is 19.4 Å². The number of nitrogens with one attached hydrogen (secondary N) is 1. The van der Waals surface area contributed by atoms with Gasteiger partial charge in [0.1, 0.15) is 11.7 Å². The molecule has 1 aromatic rings. The van der Waals surface area contributed by atoms with E-state index in [1.165, 1.54) is 25.1 Å². The summed E-state index contributed by atoms with van der Waals surface area (Å²) in [5.74, 6) is -2.17. The molecule has 1 heterocycles. The molecule has 1 atom stereocenters. The van der Waals surface area contributed by atoms with Crippen molar-refractivity contribution in [3.63, 3.8) is 0 Å². The molecule has 0 amide bonds. The summed E-state index contributed by atoms with van der Waals surface area (Å²) in [6, 6.07) is 5.88. The average molecular weight is 444 g/mol. The van der Waals surface area contributed by atoms with Gasteiger partial charge in [0.05, 0.1) is 34.0 Å². The lowest BCUT2D eigenvalue weighted by Crippen LogP contribution is -2.36. The number of benzene rings is 1. The molecule has 0 saturated carbocycles. The molecule has 1 aliphatic rings. The summed E-state index contributed by atoms with van der Waals surface area (Å²) in [5, 5.41) is 14.4. The molecule has 9 nitrogen and oxygen atoms in total. The van der Waals surface area contributed by atoms with Crippen molar-refractivity contribution < 1.29 is 22.9 Å². The second kappa shape index (κ2) is 9.27. The monoisotopic (exact) mass is 443 g/mol. The van der Waals surface area contributed by atoms with Crippen molar-refractivity contribution in [2.24, 2.45) is 5.73 Å². The topological polar surface area (TPSA) is 142 Å². The van der Waals surface area contributed by atoms with Crippen LogP contribution in [0.25, 0.3) is 0 Å². The van der Waals surface area contributed by atoms with E-state index < -0.39 is 26.6 Å². The first-order valence-corrected chi connectivity index (χ1v) is 10.9. The smallest absolute Gasteiger partial charge is 0.338 e. The molecule has 0 aliphatic carbocycles. The number of methoxy groups -OCH3 is 1. The van der Waals surface area contributed by atoms with Crippen LogP contribution in [0.5, 0.6) is 0 Å². The van der Waals surface area contributed by atoms with Crippen molar-refractivity contribution in [2.45, 2.75) is 30.6 Å². The van der Waals surface area contributed by atoms with Crippen LogP contribution >= 0.6 is 11.6 Å². The van der Waals surface area contributed by atoms with Gasteiger partial charge in [-0.05, 0) is 31.4 Å². The first-order valence-electron chi connectivity index (χ1n) is 8.73. The Hall–Kier alpha value is -2.59. The third-order valence-corrected chi connectivity index (χ3v) is 6.66. The number of hydrogen-bond donors (Lipinski definition) is 2. The SMILES string of the molecule is COC(=O)C1=C(N)NC(C)=C([N+](=O)[O-])C1c1ccccc1S(=O)(=O)CCCCCl. The van der Waals surface area contributed by atoms with Gasteiger partial charge in [0, 0.05) is 5.88 Å². The predicted molar refractivity (Wildman–Crippen MR) is 107 cm³/mol. The zero-order valence-electron chi connectivity index (χ0n) is 16.0. The van der Waals surface area contributed by atoms with E-state index in [-0.39, 0.29) is 39.0 Å². The van der Waals surface area contributed by atoms with E-state index >= 15 is 0 Å². The second-order valence-corrected chi connectivity index (χ2v) is 8.85. The number of alkyl halides is 1. The number of carbonyl (C=O) groups excluding carboxylic acids is 1. The molecule has 0 radical (unpaired) electrons. The van der Waals surface area contributed by atoms with Gasteiger partial charge >= 0.3 is 5.97 Å². The van der Waals surface area contributed by atoms with E-state index in [2.05, 4.69) is 5.32 Å². The third kappa shape index (κ3) is 4.70. The molecule has 1 unspecified atom stereocenters. The maximum absolute atomic E-state index is 12.9. The van der Waals surface area contributed by atoms with Gasteiger partial charge in [-0.15, -0.1) is 11.6 Å². The maximum Gasteiger partial charge on any atom is 0.338 e. The first-order chi connectivity index (χ1) is 13.7. The van der Waals surface area contributed by atoms with Crippen LogP contribution in [0.1, 0.15) is 31.2 Å². The standard InChI is InChI=1S/C18H22ClN3O6S/c1-11-16(22(24)25)14(15(17(20)21-11)18(23)28-2)12-7-3-4-8-13(12)29(26,27)10-6-5-9-19/h3-4,7-8,14,21H,5-6,9-10,20H2,1-2H3. The van der Waals surface area contributed by atoms with Gasteiger partial charge in [-0.1, -0.05) is 18.2 Å². The summed E-state index contributed by atoms with van der Waals surface area (Å²) >= 11 is 5.63. The Bertz CT molecular complexity index is 987. The highest BCUT2D eigenvalue weighted by atomic mass is 35.5. The van der Waals surface area contributed by atoms with Crippen LogP contribution < -0.4 is 11.1 Å².